The highest BCUT2D eigenvalue weighted by atomic mass is 32.1. The Hall–Kier alpha value is 0.230. The fraction of sp³-hybridized carbons (Fsp3) is 1.00. The van der Waals surface area contributed by atoms with Crippen LogP contribution in [0.25, 0.3) is 0 Å². The smallest absolute Gasteiger partial charge is 0.0589 e. The molecule has 3 nitrogen and oxygen atoms in total. The van der Waals surface area contributed by atoms with E-state index in [4.69, 9.17) is 9.47 Å². The van der Waals surface area contributed by atoms with Crippen LogP contribution in [0, 0.1) is 5.41 Å². The van der Waals surface area contributed by atoms with Crippen LogP contribution in [0.2, 0.25) is 0 Å². The van der Waals surface area contributed by atoms with E-state index in [1.807, 2.05) is 0 Å². The molecule has 0 bridgehead atoms. The van der Waals surface area contributed by atoms with Gasteiger partial charge < -0.3 is 9.47 Å². The highest BCUT2D eigenvalue weighted by Crippen LogP contribution is 2.36. The first-order valence-corrected chi connectivity index (χ1v) is 7.34. The molecule has 4 heteroatoms. The number of methoxy groups -OCH3 is 1. The van der Waals surface area contributed by atoms with E-state index in [2.05, 4.69) is 17.5 Å². The zero-order valence-electron chi connectivity index (χ0n) is 10.9. The third kappa shape index (κ3) is 3.85. The molecular weight excluding hydrogens is 234 g/mol. The van der Waals surface area contributed by atoms with Crippen molar-refractivity contribution in [1.82, 2.24) is 4.90 Å². The molecule has 2 fully saturated rings. The molecule has 1 aliphatic carbocycles. The first-order valence-electron chi connectivity index (χ1n) is 6.71. The molecule has 0 radical (unpaired) electrons. The molecule has 100 valence electrons. The quantitative estimate of drug-likeness (QED) is 0.705. The fourth-order valence-electron chi connectivity index (χ4n) is 2.64. The maximum absolute atomic E-state index is 5.49. The van der Waals surface area contributed by atoms with Crippen molar-refractivity contribution in [3.8, 4) is 0 Å². The Morgan fingerprint density at radius 2 is 2.06 bits per heavy atom. The molecule has 0 aromatic rings. The molecule has 0 spiro atoms. The van der Waals surface area contributed by atoms with Crippen molar-refractivity contribution in [3.63, 3.8) is 0 Å². The fourth-order valence-corrected chi connectivity index (χ4v) is 3.06. The van der Waals surface area contributed by atoms with Crippen LogP contribution >= 0.6 is 12.6 Å². The van der Waals surface area contributed by atoms with Crippen LogP contribution < -0.4 is 0 Å². The Morgan fingerprint density at radius 1 is 1.35 bits per heavy atom. The highest BCUT2D eigenvalue weighted by molar-refractivity contribution is 7.80. The van der Waals surface area contributed by atoms with Crippen LogP contribution in [-0.4, -0.2) is 56.7 Å². The van der Waals surface area contributed by atoms with Gasteiger partial charge >= 0.3 is 0 Å². The van der Waals surface area contributed by atoms with Gasteiger partial charge in [-0.2, -0.15) is 12.6 Å². The third-order valence-electron chi connectivity index (χ3n) is 4.07. The number of nitrogens with zero attached hydrogens (tertiary/aromatic N) is 1. The normalized spacial score (nSPS) is 24.2. The highest BCUT2D eigenvalue weighted by Gasteiger charge is 2.37. The Morgan fingerprint density at radius 3 is 2.59 bits per heavy atom. The third-order valence-corrected chi connectivity index (χ3v) is 4.74. The summed E-state index contributed by atoms with van der Waals surface area (Å²) in [6.07, 6.45) is 5.05. The predicted octanol–water partition coefficient (Wildman–Crippen LogP) is 1.82. The van der Waals surface area contributed by atoms with Crippen LogP contribution in [0.15, 0.2) is 0 Å². The lowest BCUT2D eigenvalue weighted by Crippen LogP contribution is -2.44. The Bertz CT molecular complexity index is 227. The van der Waals surface area contributed by atoms with Gasteiger partial charge in [0.1, 0.15) is 0 Å². The molecule has 0 N–H and O–H groups in total. The van der Waals surface area contributed by atoms with Crippen LogP contribution in [0.3, 0.4) is 0 Å². The van der Waals surface area contributed by atoms with E-state index in [0.29, 0.717) is 5.41 Å². The predicted molar refractivity (Wildman–Crippen MR) is 72.8 cm³/mol. The minimum Gasteiger partial charge on any atom is -0.383 e. The molecule has 1 saturated carbocycles. The second kappa shape index (κ2) is 6.41. The van der Waals surface area contributed by atoms with Crippen molar-refractivity contribution in [1.29, 1.82) is 0 Å². The zero-order valence-corrected chi connectivity index (χ0v) is 11.8. The van der Waals surface area contributed by atoms with E-state index in [0.717, 1.165) is 51.0 Å². The van der Waals surface area contributed by atoms with Crippen LogP contribution in [0.1, 0.15) is 25.7 Å². The second-order valence-electron chi connectivity index (χ2n) is 5.46. The lowest BCUT2D eigenvalue weighted by Gasteiger charge is -2.40. The summed E-state index contributed by atoms with van der Waals surface area (Å²) in [6, 6.07) is 0.810. The average Bonchev–Trinajstić information content (AvgIpc) is 3.20. The van der Waals surface area contributed by atoms with Gasteiger partial charge in [0.25, 0.3) is 0 Å². The molecule has 0 atom stereocenters. The summed E-state index contributed by atoms with van der Waals surface area (Å²) in [4.78, 5) is 2.62. The van der Waals surface area contributed by atoms with Crippen molar-refractivity contribution in [2.24, 2.45) is 5.41 Å². The van der Waals surface area contributed by atoms with Gasteiger partial charge in [-0.05, 0) is 36.9 Å². The molecule has 0 unspecified atom stereocenters. The summed E-state index contributed by atoms with van der Waals surface area (Å²) in [5.74, 6) is 0.979. The summed E-state index contributed by atoms with van der Waals surface area (Å²) in [5, 5.41) is 0. The SMILES string of the molecule is COCCN(CC1(CS)CCOCC1)C1CC1. The molecular formula is C13H25NO2S. The second-order valence-corrected chi connectivity index (χ2v) is 5.78. The lowest BCUT2D eigenvalue weighted by atomic mass is 9.81. The minimum atomic E-state index is 0.373. The van der Waals surface area contributed by atoms with E-state index in [-0.39, 0.29) is 0 Å². The molecule has 0 aromatic carbocycles. The van der Waals surface area contributed by atoms with Gasteiger partial charge in [0.15, 0.2) is 0 Å². The molecule has 1 saturated heterocycles. The molecule has 0 amide bonds. The van der Waals surface area contributed by atoms with Gasteiger partial charge in [0.05, 0.1) is 6.61 Å². The minimum absolute atomic E-state index is 0.373. The van der Waals surface area contributed by atoms with E-state index < -0.39 is 0 Å². The number of hydrogen-bond acceptors (Lipinski definition) is 4. The Balaban J connectivity index is 1.89. The maximum Gasteiger partial charge on any atom is 0.0589 e. The monoisotopic (exact) mass is 259 g/mol. The summed E-state index contributed by atoms with van der Waals surface area (Å²) in [5.41, 5.74) is 0.373. The van der Waals surface area contributed by atoms with Crippen molar-refractivity contribution < 1.29 is 9.47 Å². The molecule has 1 aliphatic heterocycles. The van der Waals surface area contributed by atoms with E-state index >= 15 is 0 Å². The zero-order chi connectivity index (χ0) is 12.1. The topological polar surface area (TPSA) is 21.7 Å². The number of ether oxygens (including phenoxy) is 2. The number of hydrogen-bond donors (Lipinski definition) is 1. The van der Waals surface area contributed by atoms with Gasteiger partial charge in [-0.1, -0.05) is 0 Å². The van der Waals surface area contributed by atoms with Crippen molar-refractivity contribution in [3.05, 3.63) is 0 Å². The first kappa shape index (κ1) is 13.7. The van der Waals surface area contributed by atoms with Gasteiger partial charge in [-0.25, -0.2) is 0 Å². The largest absolute Gasteiger partial charge is 0.383 e. The maximum atomic E-state index is 5.49. The van der Waals surface area contributed by atoms with Crippen molar-refractivity contribution >= 4 is 12.6 Å². The Kier molecular flexibility index (Phi) is 5.15. The van der Waals surface area contributed by atoms with Gasteiger partial charge in [-0.3, -0.25) is 4.90 Å². The first-order chi connectivity index (χ1) is 8.29. The summed E-state index contributed by atoms with van der Waals surface area (Å²) in [6.45, 7) is 4.90. The van der Waals surface area contributed by atoms with Crippen molar-refractivity contribution in [2.75, 3.05) is 45.8 Å². The van der Waals surface area contributed by atoms with Gasteiger partial charge in [-0.15, -0.1) is 0 Å². The van der Waals surface area contributed by atoms with Crippen LogP contribution in [-0.2, 0) is 9.47 Å². The molecule has 2 rings (SSSR count). The van der Waals surface area contributed by atoms with E-state index in [9.17, 15) is 0 Å². The van der Waals surface area contributed by atoms with E-state index in [1.165, 1.54) is 19.4 Å². The number of rotatable bonds is 7. The van der Waals surface area contributed by atoms with Crippen molar-refractivity contribution in [2.45, 2.75) is 31.7 Å². The van der Waals surface area contributed by atoms with E-state index in [1.54, 1.807) is 7.11 Å². The van der Waals surface area contributed by atoms with Gasteiger partial charge in [0.2, 0.25) is 0 Å². The van der Waals surface area contributed by atoms with Crippen LogP contribution in [0.4, 0.5) is 0 Å². The molecule has 0 aromatic heterocycles. The molecule has 17 heavy (non-hydrogen) atoms. The number of thiol groups is 1. The summed E-state index contributed by atoms with van der Waals surface area (Å²) >= 11 is 4.59. The summed E-state index contributed by atoms with van der Waals surface area (Å²) in [7, 11) is 1.79. The van der Waals surface area contributed by atoms with Gasteiger partial charge in [0, 0.05) is 39.5 Å². The molecule has 1 heterocycles. The lowest BCUT2D eigenvalue weighted by molar-refractivity contribution is 0.00250. The average molecular weight is 259 g/mol. The molecule has 2 aliphatic rings. The van der Waals surface area contributed by atoms with Crippen LogP contribution in [0.5, 0.6) is 0 Å². The summed E-state index contributed by atoms with van der Waals surface area (Å²) < 4.78 is 10.7. The Labute approximate surface area is 110 Å². The standard InChI is InChI=1S/C13H25NO2S/c1-15-9-6-14(12-2-3-12)10-13(11-17)4-7-16-8-5-13/h12,17H,2-11H2,1H3.